The van der Waals surface area contributed by atoms with E-state index >= 15 is 0 Å². The van der Waals surface area contributed by atoms with Gasteiger partial charge in [0.2, 0.25) is 0 Å². The molecule has 4 aliphatic carbocycles. The Kier molecular flexibility index (Phi) is 17.6. The van der Waals surface area contributed by atoms with Crippen molar-refractivity contribution in [3.63, 3.8) is 0 Å². The van der Waals surface area contributed by atoms with E-state index in [9.17, 15) is 0 Å². The van der Waals surface area contributed by atoms with Crippen molar-refractivity contribution in [2.45, 2.75) is 163 Å². The first kappa shape index (κ1) is 48.7. The standard InChI is InChI=1S/4C10H15.2C2H7Si.2ClH.2Zr/c4*1-8-5-6-9(7-8)10(2,3)4;2*1-3-2;;;;/h4*7H,6H2,1-4H3;2*3H,1-2H3;2*1H;;/q;;;;;;;;2*+1/p-2. The van der Waals surface area contributed by atoms with Gasteiger partial charge in [0, 0.05) is 0 Å². The van der Waals surface area contributed by atoms with Crippen LogP contribution < -0.4 is 24.8 Å². The Bertz CT molecular complexity index is 1300. The molecule has 4 aliphatic rings. The monoisotopic (exact) mass is 908 g/mol. The fourth-order valence-corrected chi connectivity index (χ4v) is 49.4. The molecule has 0 unspecified atom stereocenters. The molecule has 280 valence electrons. The van der Waals surface area contributed by atoms with Crippen LogP contribution in [0.15, 0.2) is 82.0 Å². The zero-order valence-electron chi connectivity index (χ0n) is 36.0. The van der Waals surface area contributed by atoms with Gasteiger partial charge in [-0.25, -0.2) is 0 Å². The first-order chi connectivity index (χ1) is 21.6. The molecule has 0 aromatic carbocycles. The Labute approximate surface area is 341 Å². The minimum atomic E-state index is -1.66. The summed E-state index contributed by atoms with van der Waals surface area (Å²) in [6.45, 7) is 48.6. The van der Waals surface area contributed by atoms with Gasteiger partial charge in [-0.05, 0) is 0 Å². The average molecular weight is 913 g/mol. The molecule has 0 aromatic rings. The zero-order chi connectivity index (χ0) is 36.9. The molecule has 0 radical (unpaired) electrons. The van der Waals surface area contributed by atoms with Crippen LogP contribution in [-0.4, -0.2) is 11.8 Å². The van der Waals surface area contributed by atoms with Crippen molar-refractivity contribution < 1.29 is 66.6 Å². The van der Waals surface area contributed by atoms with Gasteiger partial charge in [-0.3, -0.25) is 0 Å². The van der Waals surface area contributed by atoms with Gasteiger partial charge in [-0.2, -0.15) is 0 Å². The summed E-state index contributed by atoms with van der Waals surface area (Å²) in [5.41, 5.74) is 14.5. The quantitative estimate of drug-likeness (QED) is 0.239. The molecule has 6 heteroatoms. The van der Waals surface area contributed by atoms with Crippen molar-refractivity contribution in [1.29, 1.82) is 0 Å². The summed E-state index contributed by atoms with van der Waals surface area (Å²) in [5.74, 6) is -1.23. The predicted octanol–water partition coefficient (Wildman–Crippen LogP) is 7.78. The molecular weight excluding hydrogens is 838 g/mol. The number of rotatable bonds is 6. The predicted molar refractivity (Wildman–Crippen MR) is 217 cm³/mol. The van der Waals surface area contributed by atoms with Crippen LogP contribution in [0.2, 0.25) is 26.2 Å². The molecule has 0 aromatic heterocycles. The van der Waals surface area contributed by atoms with E-state index in [2.05, 4.69) is 161 Å². The Hall–Kier alpha value is 0.700. The van der Waals surface area contributed by atoms with Gasteiger partial charge in [-0.1, -0.05) is 0 Å². The molecule has 0 fully saturated rings. The van der Waals surface area contributed by atoms with E-state index in [1.165, 1.54) is 25.7 Å². The summed E-state index contributed by atoms with van der Waals surface area (Å²) in [7, 11) is 0. The van der Waals surface area contributed by atoms with E-state index in [0.29, 0.717) is 21.7 Å². The van der Waals surface area contributed by atoms with Gasteiger partial charge in [0.1, 0.15) is 0 Å². The first-order valence-electron chi connectivity index (χ1n) is 19.0. The Balaban J connectivity index is 0.000000481. The SMILES string of the molecule is CC1=[C]([Zr+]([C]2=C(C)C=C(C(C)(C)C)C2)[SiH](C)C)CC(C(C)(C)C)=C1.CC1=[C]([Zr+]([C]2=C(C)C=C(C(C)(C)C)C2)[SiH](C)C)CC(C(C)(C)C)=C1.[Cl-].[Cl-]. The van der Waals surface area contributed by atoms with Crippen LogP contribution in [0.5, 0.6) is 0 Å². The minimum absolute atomic E-state index is 0. The van der Waals surface area contributed by atoms with Crippen LogP contribution in [0.25, 0.3) is 0 Å². The molecular formula is C44H74Cl2Si2Zr2. The van der Waals surface area contributed by atoms with Crippen molar-refractivity contribution in [3.05, 3.63) is 82.0 Å². The summed E-state index contributed by atoms with van der Waals surface area (Å²) in [6, 6.07) is 0. The summed E-state index contributed by atoms with van der Waals surface area (Å²) in [5, 5.41) is 0. The van der Waals surface area contributed by atoms with Crippen LogP contribution in [0.3, 0.4) is 0 Å². The number of allylic oxidation sites excluding steroid dienone is 16. The fourth-order valence-electron chi connectivity index (χ4n) is 7.83. The van der Waals surface area contributed by atoms with E-state index in [-0.39, 0.29) is 24.8 Å². The van der Waals surface area contributed by atoms with Crippen molar-refractivity contribution in [2.75, 3.05) is 0 Å². The van der Waals surface area contributed by atoms with Crippen LogP contribution >= 0.6 is 0 Å². The zero-order valence-corrected chi connectivity index (χ0v) is 44.8. The normalized spacial score (nSPS) is 18.7. The van der Waals surface area contributed by atoms with E-state index in [0.717, 1.165) is 0 Å². The summed E-state index contributed by atoms with van der Waals surface area (Å²) in [6.07, 6.45) is 15.3. The van der Waals surface area contributed by atoms with Crippen molar-refractivity contribution in [1.82, 2.24) is 0 Å². The maximum absolute atomic E-state index is 2.62. The maximum Gasteiger partial charge on any atom is -1.00 e. The fraction of sp³-hybridized carbons (Fsp3) is 0.636. The van der Waals surface area contributed by atoms with E-state index < -0.39 is 53.7 Å². The number of hydrogen-bond acceptors (Lipinski definition) is 0. The molecule has 0 saturated heterocycles. The van der Waals surface area contributed by atoms with Crippen LogP contribution in [0.1, 0.15) is 136 Å². The van der Waals surface area contributed by atoms with Crippen molar-refractivity contribution >= 4 is 11.8 Å². The molecule has 50 heavy (non-hydrogen) atoms. The number of halogens is 2. The maximum atomic E-state index is 2.62. The molecule has 0 aliphatic heterocycles. The average Bonchev–Trinajstić information content (AvgIpc) is 3.67. The second-order valence-corrected chi connectivity index (χ2v) is 58.6. The molecule has 0 saturated carbocycles. The van der Waals surface area contributed by atoms with Crippen molar-refractivity contribution in [3.8, 4) is 0 Å². The topological polar surface area (TPSA) is 0 Å². The van der Waals surface area contributed by atoms with Gasteiger partial charge in [0.25, 0.3) is 0 Å². The number of hydrogen-bond donors (Lipinski definition) is 0. The van der Waals surface area contributed by atoms with Crippen LogP contribution in [-0.2, 0) is 41.8 Å². The summed E-state index contributed by atoms with van der Waals surface area (Å²) in [4.78, 5) is 0. The Morgan fingerprint density at radius 2 is 0.540 bits per heavy atom. The van der Waals surface area contributed by atoms with Gasteiger partial charge >= 0.3 is 320 Å². The molecule has 4 rings (SSSR count). The third kappa shape index (κ3) is 11.8. The second kappa shape index (κ2) is 18.1. The Morgan fingerprint density at radius 3 is 0.640 bits per heavy atom. The van der Waals surface area contributed by atoms with E-state index in [1.54, 1.807) is 44.6 Å². The summed E-state index contributed by atoms with van der Waals surface area (Å²) >= 11 is -3.31. The van der Waals surface area contributed by atoms with Gasteiger partial charge in [-0.15, -0.1) is 0 Å². The van der Waals surface area contributed by atoms with E-state index in [4.69, 9.17) is 0 Å². The van der Waals surface area contributed by atoms with Gasteiger partial charge in [0.05, 0.1) is 0 Å². The smallest absolute Gasteiger partial charge is 1.00 e. The largest absolute Gasteiger partial charge is 1.00 e. The molecule has 0 spiro atoms. The third-order valence-corrected chi connectivity index (χ3v) is 50.8. The molecule has 0 N–H and O–H groups in total. The van der Waals surface area contributed by atoms with Crippen LogP contribution in [0, 0.1) is 21.7 Å². The molecule has 0 amide bonds. The molecule has 0 atom stereocenters. The molecule has 0 nitrogen and oxygen atoms in total. The van der Waals surface area contributed by atoms with Crippen LogP contribution in [0.4, 0.5) is 0 Å². The van der Waals surface area contributed by atoms with Crippen molar-refractivity contribution in [2.24, 2.45) is 21.7 Å². The van der Waals surface area contributed by atoms with E-state index in [1.807, 2.05) is 13.1 Å². The minimum Gasteiger partial charge on any atom is -1.00 e. The Morgan fingerprint density at radius 1 is 0.380 bits per heavy atom. The third-order valence-electron chi connectivity index (χ3n) is 11.2. The molecule has 0 bridgehead atoms. The van der Waals surface area contributed by atoms with Gasteiger partial charge < -0.3 is 24.8 Å². The summed E-state index contributed by atoms with van der Waals surface area (Å²) < 4.78 is 7.73. The second-order valence-electron chi connectivity index (χ2n) is 20.2. The first-order valence-corrected chi connectivity index (χ1v) is 38.2. The molecule has 0 heterocycles. The van der Waals surface area contributed by atoms with Gasteiger partial charge in [0.15, 0.2) is 0 Å².